The quantitative estimate of drug-likeness (QED) is 0.326. The molecule has 0 unspecified atom stereocenters. The predicted molar refractivity (Wildman–Crippen MR) is 150 cm³/mol. The highest BCUT2D eigenvalue weighted by Gasteiger charge is 2.21. The standard InChI is InChI=1S/C31H32N4O3/c1-19-9-7-10-20(2)27(19)25-18-22(13-14-26(25)38-4)29-32-21(3)28(34-29)30(36)33-24-12-8-11-23(17-24)31(37)35-15-5-6-16-35/h7-14,17-18H,5-6,15-16H2,1-4H3,(H,32,34)(H,33,36). The second kappa shape index (κ2) is 10.5. The Morgan fingerprint density at radius 2 is 1.66 bits per heavy atom. The summed E-state index contributed by atoms with van der Waals surface area (Å²) in [5.41, 5.74) is 7.35. The first-order chi connectivity index (χ1) is 18.4. The van der Waals surface area contributed by atoms with Gasteiger partial charge in [-0.05, 0) is 86.7 Å². The van der Waals surface area contributed by atoms with Crippen LogP contribution in [0.5, 0.6) is 5.75 Å². The first-order valence-corrected chi connectivity index (χ1v) is 12.9. The van der Waals surface area contributed by atoms with E-state index in [0.717, 1.165) is 59.5 Å². The molecule has 5 rings (SSSR count). The molecule has 194 valence electrons. The van der Waals surface area contributed by atoms with Crippen molar-refractivity contribution in [3.05, 3.63) is 88.7 Å². The van der Waals surface area contributed by atoms with Crippen LogP contribution in [0.4, 0.5) is 5.69 Å². The van der Waals surface area contributed by atoms with Gasteiger partial charge in [-0.25, -0.2) is 4.98 Å². The molecule has 0 bridgehead atoms. The van der Waals surface area contributed by atoms with E-state index < -0.39 is 0 Å². The molecule has 1 aromatic heterocycles. The number of nitrogens with zero attached hydrogens (tertiary/aromatic N) is 2. The number of imidazole rings is 1. The van der Waals surface area contributed by atoms with Crippen LogP contribution in [0.1, 0.15) is 50.5 Å². The zero-order chi connectivity index (χ0) is 26.8. The first kappa shape index (κ1) is 25.3. The number of methoxy groups -OCH3 is 1. The summed E-state index contributed by atoms with van der Waals surface area (Å²) in [6.45, 7) is 7.56. The fourth-order valence-electron chi connectivity index (χ4n) is 5.13. The van der Waals surface area contributed by atoms with Crippen LogP contribution in [0, 0.1) is 20.8 Å². The summed E-state index contributed by atoms with van der Waals surface area (Å²) in [5.74, 6) is 1.03. The Morgan fingerprint density at radius 3 is 2.37 bits per heavy atom. The Bertz CT molecular complexity index is 1500. The molecule has 0 atom stereocenters. The molecule has 0 spiro atoms. The highest BCUT2D eigenvalue weighted by molar-refractivity contribution is 6.05. The van der Waals surface area contributed by atoms with Crippen molar-refractivity contribution >= 4 is 17.5 Å². The number of likely N-dealkylation sites (tertiary alicyclic amines) is 1. The smallest absolute Gasteiger partial charge is 0.276 e. The molecule has 1 aliphatic rings. The number of nitrogens with one attached hydrogen (secondary N) is 2. The topological polar surface area (TPSA) is 87.3 Å². The number of benzene rings is 3. The first-order valence-electron chi connectivity index (χ1n) is 12.9. The van der Waals surface area contributed by atoms with E-state index in [1.807, 2.05) is 36.1 Å². The number of hydrogen-bond acceptors (Lipinski definition) is 4. The van der Waals surface area contributed by atoms with Gasteiger partial charge in [0.2, 0.25) is 0 Å². The van der Waals surface area contributed by atoms with Gasteiger partial charge in [-0.3, -0.25) is 9.59 Å². The molecule has 2 N–H and O–H groups in total. The Labute approximate surface area is 222 Å². The summed E-state index contributed by atoms with van der Waals surface area (Å²) in [7, 11) is 1.67. The minimum Gasteiger partial charge on any atom is -0.496 e. The van der Waals surface area contributed by atoms with Crippen molar-refractivity contribution in [2.24, 2.45) is 0 Å². The molecule has 0 aliphatic carbocycles. The van der Waals surface area contributed by atoms with Gasteiger partial charge in [0.25, 0.3) is 11.8 Å². The van der Waals surface area contributed by atoms with E-state index in [0.29, 0.717) is 28.5 Å². The maximum Gasteiger partial charge on any atom is 0.276 e. The van der Waals surface area contributed by atoms with Crippen molar-refractivity contribution in [1.82, 2.24) is 14.9 Å². The molecule has 38 heavy (non-hydrogen) atoms. The van der Waals surface area contributed by atoms with E-state index >= 15 is 0 Å². The maximum absolute atomic E-state index is 13.2. The van der Waals surface area contributed by atoms with Gasteiger partial charge in [0.05, 0.1) is 7.11 Å². The van der Waals surface area contributed by atoms with Crippen molar-refractivity contribution in [3.8, 4) is 28.3 Å². The zero-order valence-corrected chi connectivity index (χ0v) is 22.2. The van der Waals surface area contributed by atoms with E-state index in [4.69, 9.17) is 4.74 Å². The molecule has 7 heteroatoms. The monoisotopic (exact) mass is 508 g/mol. The zero-order valence-electron chi connectivity index (χ0n) is 22.2. The number of anilines is 1. The average Bonchev–Trinajstić information content (AvgIpc) is 3.58. The lowest BCUT2D eigenvalue weighted by atomic mass is 9.94. The van der Waals surface area contributed by atoms with Gasteiger partial charge in [0, 0.05) is 41.2 Å². The highest BCUT2D eigenvalue weighted by Crippen LogP contribution is 2.37. The number of aromatic nitrogens is 2. The Morgan fingerprint density at radius 1 is 0.947 bits per heavy atom. The maximum atomic E-state index is 13.2. The van der Waals surface area contributed by atoms with Crippen molar-refractivity contribution < 1.29 is 14.3 Å². The lowest BCUT2D eigenvalue weighted by molar-refractivity contribution is 0.0792. The average molecular weight is 509 g/mol. The van der Waals surface area contributed by atoms with Gasteiger partial charge in [0.1, 0.15) is 17.3 Å². The molecule has 4 aromatic rings. The molecule has 2 amide bonds. The second-order valence-electron chi connectivity index (χ2n) is 9.78. The molecular weight excluding hydrogens is 476 g/mol. The van der Waals surface area contributed by atoms with E-state index in [1.54, 1.807) is 31.4 Å². The summed E-state index contributed by atoms with van der Waals surface area (Å²) in [6, 6.07) is 19.2. The van der Waals surface area contributed by atoms with Crippen molar-refractivity contribution in [3.63, 3.8) is 0 Å². The van der Waals surface area contributed by atoms with E-state index in [2.05, 4.69) is 41.3 Å². The van der Waals surface area contributed by atoms with Gasteiger partial charge in [0.15, 0.2) is 0 Å². The third-order valence-corrected chi connectivity index (χ3v) is 7.08. The minimum atomic E-state index is -0.334. The van der Waals surface area contributed by atoms with Crippen molar-refractivity contribution in [2.75, 3.05) is 25.5 Å². The Kier molecular flexibility index (Phi) is 7.01. The number of carbonyl (C=O) groups is 2. The Balaban J connectivity index is 1.41. The number of hydrogen-bond donors (Lipinski definition) is 2. The van der Waals surface area contributed by atoms with E-state index in [9.17, 15) is 9.59 Å². The van der Waals surface area contributed by atoms with Gasteiger partial charge in [-0.15, -0.1) is 0 Å². The van der Waals surface area contributed by atoms with Crippen LogP contribution in [0.15, 0.2) is 60.7 Å². The van der Waals surface area contributed by atoms with Gasteiger partial charge >= 0.3 is 0 Å². The number of ether oxygens (including phenoxy) is 1. The molecule has 1 fully saturated rings. The molecule has 1 aliphatic heterocycles. The second-order valence-corrected chi connectivity index (χ2v) is 9.78. The fourth-order valence-corrected chi connectivity index (χ4v) is 5.13. The SMILES string of the molecule is COc1ccc(-c2nc(C(=O)Nc3cccc(C(=O)N4CCCC4)c3)c(C)[nH]2)cc1-c1c(C)cccc1C. The summed E-state index contributed by atoms with van der Waals surface area (Å²) >= 11 is 0. The van der Waals surface area contributed by atoms with Crippen LogP contribution < -0.4 is 10.1 Å². The van der Waals surface area contributed by atoms with Crippen molar-refractivity contribution in [1.29, 1.82) is 0 Å². The van der Waals surface area contributed by atoms with Gasteiger partial charge in [-0.2, -0.15) is 0 Å². The lowest BCUT2D eigenvalue weighted by Crippen LogP contribution is -2.27. The van der Waals surface area contributed by atoms with Crippen LogP contribution in [0.3, 0.4) is 0 Å². The van der Waals surface area contributed by atoms with Gasteiger partial charge < -0.3 is 19.9 Å². The number of H-pyrrole nitrogens is 1. The minimum absolute atomic E-state index is 0.00367. The summed E-state index contributed by atoms with van der Waals surface area (Å²) < 4.78 is 5.67. The van der Waals surface area contributed by atoms with E-state index in [-0.39, 0.29) is 11.8 Å². The van der Waals surface area contributed by atoms with E-state index in [1.165, 1.54) is 0 Å². The predicted octanol–water partition coefficient (Wildman–Crippen LogP) is 6.17. The number of carbonyl (C=O) groups excluding carboxylic acids is 2. The summed E-state index contributed by atoms with van der Waals surface area (Å²) in [5, 5.41) is 2.91. The van der Waals surface area contributed by atoms with Crippen LogP contribution in [-0.4, -0.2) is 46.9 Å². The summed E-state index contributed by atoms with van der Waals surface area (Å²) in [4.78, 5) is 35.7. The normalized spacial score (nSPS) is 13.0. The van der Waals surface area contributed by atoms with Gasteiger partial charge in [-0.1, -0.05) is 24.3 Å². The largest absolute Gasteiger partial charge is 0.496 e. The molecular formula is C31H32N4O3. The number of aryl methyl sites for hydroxylation is 3. The Hall–Kier alpha value is -4.39. The summed E-state index contributed by atoms with van der Waals surface area (Å²) in [6.07, 6.45) is 2.06. The third-order valence-electron chi connectivity index (χ3n) is 7.08. The molecule has 0 radical (unpaired) electrons. The molecule has 3 aromatic carbocycles. The number of aromatic amines is 1. The lowest BCUT2D eigenvalue weighted by Gasteiger charge is -2.15. The van der Waals surface area contributed by atoms with Crippen LogP contribution >= 0.6 is 0 Å². The number of rotatable bonds is 6. The van der Waals surface area contributed by atoms with Crippen LogP contribution in [0.25, 0.3) is 22.5 Å². The number of amides is 2. The van der Waals surface area contributed by atoms with Crippen LogP contribution in [-0.2, 0) is 0 Å². The molecule has 1 saturated heterocycles. The van der Waals surface area contributed by atoms with Crippen LogP contribution in [0.2, 0.25) is 0 Å². The molecule has 2 heterocycles. The third kappa shape index (κ3) is 4.92. The molecule has 0 saturated carbocycles. The molecule has 7 nitrogen and oxygen atoms in total. The van der Waals surface area contributed by atoms with Crippen molar-refractivity contribution in [2.45, 2.75) is 33.6 Å². The highest BCUT2D eigenvalue weighted by atomic mass is 16.5. The fraction of sp³-hybridized carbons (Fsp3) is 0.258.